The van der Waals surface area contributed by atoms with Crippen LogP contribution in [0.15, 0.2) is 60.7 Å². The first-order chi connectivity index (χ1) is 13.3. The lowest BCUT2D eigenvalue weighted by Gasteiger charge is -2.17. The third-order valence-electron chi connectivity index (χ3n) is 3.85. The second-order valence-corrected chi connectivity index (χ2v) is 7.61. The molecular formula is C21H23N5O2. The Labute approximate surface area is 163 Å². The van der Waals surface area contributed by atoms with Crippen LogP contribution in [0.5, 0.6) is 0 Å². The number of aromatic nitrogens is 3. The van der Waals surface area contributed by atoms with Crippen molar-refractivity contribution in [3.63, 3.8) is 0 Å². The molecule has 0 aliphatic heterocycles. The molecule has 0 radical (unpaired) electrons. The number of amides is 2. The fourth-order valence-corrected chi connectivity index (χ4v) is 2.64. The van der Waals surface area contributed by atoms with Gasteiger partial charge in [-0.2, -0.15) is 0 Å². The van der Waals surface area contributed by atoms with Gasteiger partial charge in [0.05, 0.1) is 5.69 Å². The Morgan fingerprint density at radius 1 is 0.929 bits per heavy atom. The Kier molecular flexibility index (Phi) is 5.54. The highest BCUT2D eigenvalue weighted by Gasteiger charge is 2.20. The quantitative estimate of drug-likeness (QED) is 0.684. The summed E-state index contributed by atoms with van der Waals surface area (Å²) in [5.41, 5.74) is 6.24. The molecule has 0 saturated heterocycles. The molecule has 0 atom stereocenters. The Morgan fingerprint density at radius 2 is 1.54 bits per heavy atom. The number of rotatable bonds is 4. The predicted molar refractivity (Wildman–Crippen MR) is 106 cm³/mol. The molecule has 7 nitrogen and oxygen atoms in total. The first-order valence-corrected chi connectivity index (χ1v) is 9.00. The Morgan fingerprint density at radius 3 is 2.14 bits per heavy atom. The summed E-state index contributed by atoms with van der Waals surface area (Å²) in [7, 11) is 0. The highest BCUT2D eigenvalue weighted by atomic mass is 16.2. The second kappa shape index (κ2) is 8.04. The van der Waals surface area contributed by atoms with E-state index in [1.165, 1.54) is 0 Å². The molecule has 0 unspecified atom stereocenters. The number of nitrogens with one attached hydrogen (secondary N) is 2. The number of hydrazine groups is 1. The average Bonchev–Trinajstić information content (AvgIpc) is 3.12. The number of benzene rings is 2. The Balaban J connectivity index is 1.85. The zero-order chi connectivity index (χ0) is 20.1. The van der Waals surface area contributed by atoms with Crippen molar-refractivity contribution < 1.29 is 9.59 Å². The number of nitrogens with zero attached hydrogens (tertiary/aromatic N) is 3. The molecule has 0 spiro atoms. The highest BCUT2D eigenvalue weighted by Crippen LogP contribution is 2.21. The van der Waals surface area contributed by atoms with Gasteiger partial charge in [-0.25, -0.2) is 9.67 Å². The van der Waals surface area contributed by atoms with Crippen LogP contribution < -0.4 is 10.9 Å². The number of para-hydroxylation sites is 1. The lowest BCUT2D eigenvalue weighted by Crippen LogP contribution is -2.43. The maximum atomic E-state index is 12.5. The zero-order valence-corrected chi connectivity index (χ0v) is 16.1. The van der Waals surface area contributed by atoms with Crippen LogP contribution in [-0.2, 0) is 4.79 Å². The summed E-state index contributed by atoms with van der Waals surface area (Å²) in [6.07, 6.45) is 0.286. The fourth-order valence-electron chi connectivity index (χ4n) is 2.64. The first kappa shape index (κ1) is 19.3. The monoisotopic (exact) mass is 377 g/mol. The Hall–Kier alpha value is -3.48. The molecule has 1 aromatic heterocycles. The maximum Gasteiger partial charge on any atom is 0.309 e. The van der Waals surface area contributed by atoms with E-state index in [1.807, 2.05) is 81.4 Å². The van der Waals surface area contributed by atoms with Crippen molar-refractivity contribution in [3.05, 3.63) is 66.5 Å². The molecule has 0 aliphatic rings. The van der Waals surface area contributed by atoms with E-state index in [-0.39, 0.29) is 23.6 Å². The summed E-state index contributed by atoms with van der Waals surface area (Å²) >= 11 is 0. The Bertz CT molecular complexity index is 902. The maximum absolute atomic E-state index is 12.5. The highest BCUT2D eigenvalue weighted by molar-refractivity contribution is 5.92. The van der Waals surface area contributed by atoms with E-state index < -0.39 is 5.91 Å². The van der Waals surface area contributed by atoms with Gasteiger partial charge in [0, 0.05) is 12.0 Å². The van der Waals surface area contributed by atoms with Crippen LogP contribution in [-0.4, -0.2) is 26.6 Å². The SMILES string of the molecule is CC(C)(C)CC(=O)NNC(=O)c1nc(-c2ccccc2)n(-c2ccccc2)n1. The lowest BCUT2D eigenvalue weighted by molar-refractivity contribution is -0.123. The summed E-state index contributed by atoms with van der Waals surface area (Å²) in [6.45, 7) is 5.84. The van der Waals surface area contributed by atoms with E-state index >= 15 is 0 Å². The number of hydrogen-bond acceptors (Lipinski definition) is 4. The van der Waals surface area contributed by atoms with Crippen molar-refractivity contribution in [3.8, 4) is 17.1 Å². The number of hydrogen-bond donors (Lipinski definition) is 2. The van der Waals surface area contributed by atoms with Gasteiger partial charge in [0.25, 0.3) is 0 Å². The molecule has 28 heavy (non-hydrogen) atoms. The van der Waals surface area contributed by atoms with Crippen LogP contribution in [0.3, 0.4) is 0 Å². The molecule has 1 heterocycles. The molecule has 144 valence electrons. The van der Waals surface area contributed by atoms with Crippen molar-refractivity contribution in [2.45, 2.75) is 27.2 Å². The van der Waals surface area contributed by atoms with E-state index in [0.717, 1.165) is 11.3 Å². The third kappa shape index (κ3) is 4.82. The van der Waals surface area contributed by atoms with E-state index in [2.05, 4.69) is 20.9 Å². The molecular weight excluding hydrogens is 354 g/mol. The summed E-state index contributed by atoms with van der Waals surface area (Å²) in [5, 5.41) is 4.35. The smallest absolute Gasteiger partial charge is 0.273 e. The molecule has 2 amide bonds. The predicted octanol–water partition coefficient (Wildman–Crippen LogP) is 3.13. The summed E-state index contributed by atoms with van der Waals surface area (Å²) in [6, 6.07) is 18.9. The molecule has 3 rings (SSSR count). The minimum atomic E-state index is -0.575. The van der Waals surface area contributed by atoms with E-state index in [0.29, 0.717) is 5.82 Å². The van der Waals surface area contributed by atoms with E-state index in [1.54, 1.807) is 4.68 Å². The van der Waals surface area contributed by atoms with Gasteiger partial charge in [-0.15, -0.1) is 5.10 Å². The van der Waals surface area contributed by atoms with E-state index in [9.17, 15) is 9.59 Å². The van der Waals surface area contributed by atoms with Gasteiger partial charge in [0.1, 0.15) is 0 Å². The minimum Gasteiger partial charge on any atom is -0.273 e. The second-order valence-electron chi connectivity index (χ2n) is 7.61. The van der Waals surface area contributed by atoms with Gasteiger partial charge in [-0.3, -0.25) is 20.4 Å². The summed E-state index contributed by atoms with van der Waals surface area (Å²) in [4.78, 5) is 28.8. The van der Waals surface area contributed by atoms with Gasteiger partial charge >= 0.3 is 5.91 Å². The molecule has 0 aliphatic carbocycles. The molecule has 2 N–H and O–H groups in total. The topological polar surface area (TPSA) is 88.9 Å². The molecule has 7 heteroatoms. The van der Waals surface area contributed by atoms with Crippen molar-refractivity contribution in [1.29, 1.82) is 0 Å². The van der Waals surface area contributed by atoms with Crippen molar-refractivity contribution in [1.82, 2.24) is 25.6 Å². The molecule has 2 aromatic carbocycles. The van der Waals surface area contributed by atoms with E-state index in [4.69, 9.17) is 0 Å². The van der Waals surface area contributed by atoms with Gasteiger partial charge in [-0.05, 0) is 17.5 Å². The third-order valence-corrected chi connectivity index (χ3v) is 3.85. The van der Waals surface area contributed by atoms with Crippen molar-refractivity contribution >= 4 is 11.8 Å². The summed E-state index contributed by atoms with van der Waals surface area (Å²) in [5.74, 6) is -0.336. The average molecular weight is 377 g/mol. The lowest BCUT2D eigenvalue weighted by atomic mass is 9.92. The molecule has 0 bridgehead atoms. The first-order valence-electron chi connectivity index (χ1n) is 9.00. The normalized spacial score (nSPS) is 11.1. The number of carbonyl (C=O) groups is 2. The van der Waals surface area contributed by atoms with Crippen LogP contribution in [0.4, 0.5) is 0 Å². The number of carbonyl (C=O) groups excluding carboxylic acids is 2. The molecule has 0 saturated carbocycles. The van der Waals surface area contributed by atoms with Crippen LogP contribution >= 0.6 is 0 Å². The fraction of sp³-hybridized carbons (Fsp3) is 0.238. The summed E-state index contributed by atoms with van der Waals surface area (Å²) < 4.78 is 1.61. The zero-order valence-electron chi connectivity index (χ0n) is 16.1. The van der Waals surface area contributed by atoms with Crippen LogP contribution in [0.25, 0.3) is 17.1 Å². The standard InChI is InChI=1S/C21H23N5O2/c1-21(2,3)14-17(27)23-24-20(28)18-22-19(15-10-6-4-7-11-15)26(25-18)16-12-8-5-9-13-16/h4-13H,14H2,1-3H3,(H,23,27)(H,24,28). The van der Waals surface area contributed by atoms with Crippen LogP contribution in [0.2, 0.25) is 0 Å². The molecule has 3 aromatic rings. The van der Waals surface area contributed by atoms with Crippen LogP contribution in [0, 0.1) is 5.41 Å². The van der Waals surface area contributed by atoms with Gasteiger partial charge in [0.2, 0.25) is 11.7 Å². The van der Waals surface area contributed by atoms with Gasteiger partial charge in [0.15, 0.2) is 5.82 Å². The van der Waals surface area contributed by atoms with Crippen LogP contribution in [0.1, 0.15) is 37.8 Å². The van der Waals surface area contributed by atoms with Gasteiger partial charge in [-0.1, -0.05) is 69.3 Å². The van der Waals surface area contributed by atoms with Gasteiger partial charge < -0.3 is 0 Å². The molecule has 0 fully saturated rings. The van der Waals surface area contributed by atoms with Crippen molar-refractivity contribution in [2.75, 3.05) is 0 Å². The largest absolute Gasteiger partial charge is 0.309 e. The minimum absolute atomic E-state index is 0.0289. The van der Waals surface area contributed by atoms with Crippen molar-refractivity contribution in [2.24, 2.45) is 5.41 Å².